The van der Waals surface area contributed by atoms with Crippen LogP contribution >= 0.6 is 23.4 Å². The average Bonchev–Trinajstić information content (AvgIpc) is 2.52. The van der Waals surface area contributed by atoms with E-state index >= 15 is 0 Å². The molecule has 1 aromatic rings. The fraction of sp³-hybridized carbons (Fsp3) is 0.368. The molecule has 0 amide bonds. The molecule has 1 aliphatic rings. The third-order valence-electron chi connectivity index (χ3n) is 3.67. The van der Waals surface area contributed by atoms with Gasteiger partial charge in [0.1, 0.15) is 5.60 Å². The van der Waals surface area contributed by atoms with Gasteiger partial charge in [0.25, 0.3) is 0 Å². The smallest absolute Gasteiger partial charge is 0.337 e. The van der Waals surface area contributed by atoms with Crippen LogP contribution in [0.1, 0.15) is 39.2 Å². The van der Waals surface area contributed by atoms with E-state index in [1.54, 1.807) is 12.1 Å². The minimum Gasteiger partial charge on any atom is -0.457 e. The quantitative estimate of drug-likeness (QED) is 0.772. The summed E-state index contributed by atoms with van der Waals surface area (Å²) in [5.74, 6) is -0.911. The first-order chi connectivity index (χ1) is 11.7. The predicted molar refractivity (Wildman–Crippen MR) is 102 cm³/mol. The normalized spacial score (nSPS) is 17.9. The standard InChI is InChI=1S/C19H21ClN2O2S/c1-11-15(18(23)24-19(2,3)4)16(12-6-8-13(20)9-7-12)14(10-21)17(22-11)25-5/h6-9,16,22H,1-5H3/t16-/m0/s1. The predicted octanol–water partition coefficient (Wildman–Crippen LogP) is 4.74. The Morgan fingerprint density at radius 1 is 1.32 bits per heavy atom. The highest BCUT2D eigenvalue weighted by atomic mass is 35.5. The number of hydrogen-bond donors (Lipinski definition) is 1. The maximum atomic E-state index is 12.8. The van der Waals surface area contributed by atoms with Crippen molar-refractivity contribution in [2.75, 3.05) is 6.26 Å². The van der Waals surface area contributed by atoms with Gasteiger partial charge in [0, 0.05) is 10.7 Å². The second-order valence-electron chi connectivity index (χ2n) is 6.71. The van der Waals surface area contributed by atoms with Crippen molar-refractivity contribution in [3.8, 4) is 6.07 Å². The highest BCUT2D eigenvalue weighted by Gasteiger charge is 2.36. The minimum absolute atomic E-state index is 0.426. The number of ether oxygens (including phenoxy) is 1. The summed E-state index contributed by atoms with van der Waals surface area (Å²) in [5.41, 5.74) is 1.85. The van der Waals surface area contributed by atoms with E-state index in [1.807, 2.05) is 46.1 Å². The van der Waals surface area contributed by atoms with E-state index in [-0.39, 0.29) is 0 Å². The maximum Gasteiger partial charge on any atom is 0.337 e. The van der Waals surface area contributed by atoms with Gasteiger partial charge in [-0.3, -0.25) is 0 Å². The minimum atomic E-state index is -0.620. The summed E-state index contributed by atoms with van der Waals surface area (Å²) in [7, 11) is 0. The first kappa shape index (κ1) is 19.4. The lowest BCUT2D eigenvalue weighted by Crippen LogP contribution is -2.32. The fourth-order valence-electron chi connectivity index (χ4n) is 2.67. The number of thioether (sulfide) groups is 1. The van der Waals surface area contributed by atoms with Crippen LogP contribution < -0.4 is 5.32 Å². The first-order valence-electron chi connectivity index (χ1n) is 7.82. The molecule has 1 aliphatic heterocycles. The van der Waals surface area contributed by atoms with Crippen molar-refractivity contribution in [3.63, 3.8) is 0 Å². The number of nitrogens with zero attached hydrogens (tertiary/aromatic N) is 1. The third kappa shape index (κ3) is 4.39. The molecule has 2 rings (SSSR count). The average molecular weight is 377 g/mol. The molecule has 6 heteroatoms. The van der Waals surface area contributed by atoms with Gasteiger partial charge in [0.15, 0.2) is 0 Å². The largest absolute Gasteiger partial charge is 0.457 e. The van der Waals surface area contributed by atoms with Crippen LogP contribution in [-0.4, -0.2) is 17.8 Å². The van der Waals surface area contributed by atoms with E-state index in [0.717, 1.165) is 10.6 Å². The zero-order chi connectivity index (χ0) is 18.8. The third-order valence-corrected chi connectivity index (χ3v) is 4.66. The first-order valence-corrected chi connectivity index (χ1v) is 9.43. The zero-order valence-corrected chi connectivity index (χ0v) is 16.5. The number of benzene rings is 1. The number of esters is 1. The monoisotopic (exact) mass is 376 g/mol. The summed E-state index contributed by atoms with van der Waals surface area (Å²) in [5, 5.41) is 14.2. The molecule has 0 fully saturated rings. The Morgan fingerprint density at radius 3 is 2.40 bits per heavy atom. The molecule has 0 spiro atoms. The number of rotatable bonds is 3. The van der Waals surface area contributed by atoms with Crippen LogP contribution in [0.2, 0.25) is 5.02 Å². The Labute approximate surface area is 157 Å². The number of nitrogens with one attached hydrogen (secondary N) is 1. The molecule has 132 valence electrons. The number of allylic oxidation sites excluding steroid dienone is 2. The Bertz CT molecular complexity index is 783. The summed E-state index contributed by atoms with van der Waals surface area (Å²) >= 11 is 7.44. The van der Waals surface area contributed by atoms with Crippen molar-refractivity contribution in [1.29, 1.82) is 5.26 Å². The molecule has 0 unspecified atom stereocenters. The number of dihydropyridines is 1. The molecule has 0 aromatic heterocycles. The molecule has 1 aromatic carbocycles. The van der Waals surface area contributed by atoms with Crippen molar-refractivity contribution in [1.82, 2.24) is 5.32 Å². The van der Waals surface area contributed by atoms with Crippen LogP contribution in [0.5, 0.6) is 0 Å². The molecule has 4 nitrogen and oxygen atoms in total. The molecule has 0 saturated carbocycles. The van der Waals surface area contributed by atoms with Gasteiger partial charge in [-0.1, -0.05) is 23.7 Å². The van der Waals surface area contributed by atoms with Crippen LogP contribution in [0.4, 0.5) is 0 Å². The molecule has 1 heterocycles. The van der Waals surface area contributed by atoms with Crippen molar-refractivity contribution in [3.05, 3.63) is 56.7 Å². The lowest BCUT2D eigenvalue weighted by atomic mass is 9.82. The second kappa shape index (κ2) is 7.55. The van der Waals surface area contributed by atoms with E-state index in [9.17, 15) is 10.1 Å². The van der Waals surface area contributed by atoms with Crippen LogP contribution in [0.3, 0.4) is 0 Å². The van der Waals surface area contributed by atoms with Gasteiger partial charge in [-0.15, -0.1) is 11.8 Å². The van der Waals surface area contributed by atoms with Gasteiger partial charge >= 0.3 is 5.97 Å². The Hall–Kier alpha value is -1.90. The van der Waals surface area contributed by atoms with Gasteiger partial charge in [0.05, 0.1) is 28.2 Å². The molecule has 0 aliphatic carbocycles. The summed E-state index contributed by atoms with van der Waals surface area (Å²) in [6.07, 6.45) is 1.89. The molecule has 0 radical (unpaired) electrons. The number of halogens is 1. The highest BCUT2D eigenvalue weighted by Crippen LogP contribution is 2.41. The van der Waals surface area contributed by atoms with E-state index in [4.69, 9.17) is 16.3 Å². The lowest BCUT2D eigenvalue weighted by molar-refractivity contribution is -0.150. The fourth-order valence-corrected chi connectivity index (χ4v) is 3.43. The molecule has 25 heavy (non-hydrogen) atoms. The SMILES string of the molecule is CSC1=C(C#N)[C@H](c2ccc(Cl)cc2)C(C(=O)OC(C)(C)C)=C(C)N1. The number of nitriles is 1. The van der Waals surface area contributed by atoms with Gasteiger partial charge in [-0.25, -0.2) is 4.79 Å². The molecular weight excluding hydrogens is 356 g/mol. The van der Waals surface area contributed by atoms with Crippen LogP contribution in [0.15, 0.2) is 46.1 Å². The zero-order valence-electron chi connectivity index (χ0n) is 14.9. The van der Waals surface area contributed by atoms with Crippen molar-refractivity contribution < 1.29 is 9.53 Å². The molecular formula is C19H21ClN2O2S. The molecule has 1 atom stereocenters. The van der Waals surface area contributed by atoms with Gasteiger partial charge in [-0.2, -0.15) is 5.26 Å². The Balaban J connectivity index is 2.60. The maximum absolute atomic E-state index is 12.8. The van der Waals surface area contributed by atoms with Crippen LogP contribution in [-0.2, 0) is 9.53 Å². The topological polar surface area (TPSA) is 62.1 Å². The summed E-state index contributed by atoms with van der Waals surface area (Å²) < 4.78 is 5.58. The van der Waals surface area contributed by atoms with Crippen molar-refractivity contribution in [2.24, 2.45) is 0 Å². The molecule has 0 bridgehead atoms. The van der Waals surface area contributed by atoms with Crippen molar-refractivity contribution in [2.45, 2.75) is 39.2 Å². The van der Waals surface area contributed by atoms with E-state index in [0.29, 0.717) is 21.9 Å². The van der Waals surface area contributed by atoms with Crippen LogP contribution in [0, 0.1) is 11.3 Å². The number of carbonyl (C=O) groups excluding carboxylic acids is 1. The van der Waals surface area contributed by atoms with Crippen molar-refractivity contribution >= 4 is 29.3 Å². The number of carbonyl (C=O) groups is 1. The van der Waals surface area contributed by atoms with E-state index in [2.05, 4.69) is 11.4 Å². The van der Waals surface area contributed by atoms with E-state index in [1.165, 1.54) is 11.8 Å². The summed E-state index contributed by atoms with van der Waals surface area (Å²) in [4.78, 5) is 12.8. The molecule has 0 saturated heterocycles. The second-order valence-corrected chi connectivity index (χ2v) is 7.96. The number of hydrogen-bond acceptors (Lipinski definition) is 5. The summed E-state index contributed by atoms with van der Waals surface area (Å²) in [6.45, 7) is 7.29. The molecule has 1 N–H and O–H groups in total. The van der Waals surface area contributed by atoms with Gasteiger partial charge in [0.2, 0.25) is 0 Å². The Morgan fingerprint density at radius 2 is 1.92 bits per heavy atom. The van der Waals surface area contributed by atoms with Gasteiger partial charge in [-0.05, 0) is 51.6 Å². The Kier molecular flexibility index (Phi) is 5.87. The van der Waals surface area contributed by atoms with E-state index < -0.39 is 17.5 Å². The highest BCUT2D eigenvalue weighted by molar-refractivity contribution is 8.02. The summed E-state index contributed by atoms with van der Waals surface area (Å²) in [6, 6.07) is 9.45. The van der Waals surface area contributed by atoms with Crippen LogP contribution in [0.25, 0.3) is 0 Å². The van der Waals surface area contributed by atoms with Gasteiger partial charge < -0.3 is 10.1 Å². The lowest BCUT2D eigenvalue weighted by Gasteiger charge is -2.31.